The van der Waals surface area contributed by atoms with Crippen LogP contribution in [0.4, 0.5) is 5.82 Å². The van der Waals surface area contributed by atoms with Gasteiger partial charge in [0.2, 0.25) is 0 Å². The van der Waals surface area contributed by atoms with Gasteiger partial charge in [-0.05, 0) is 6.07 Å². The summed E-state index contributed by atoms with van der Waals surface area (Å²) in [6, 6.07) is 8.98. The van der Waals surface area contributed by atoms with Gasteiger partial charge < -0.3 is 10.4 Å². The minimum absolute atomic E-state index is 0.189. The van der Waals surface area contributed by atoms with E-state index >= 15 is 0 Å². The van der Waals surface area contributed by atoms with Crippen molar-refractivity contribution < 1.29 is 5.11 Å². The number of nitrogens with one attached hydrogen (secondary N) is 1. The Labute approximate surface area is 115 Å². The van der Waals surface area contributed by atoms with E-state index in [1.807, 2.05) is 6.07 Å². The number of rotatable bonds is 4. The molecule has 0 fully saturated rings. The summed E-state index contributed by atoms with van der Waals surface area (Å²) in [6.07, 6.45) is 2.13. The zero-order valence-electron chi connectivity index (χ0n) is 9.92. The Hall–Kier alpha value is -2.16. The van der Waals surface area contributed by atoms with Gasteiger partial charge in [-0.15, -0.1) is 0 Å². The van der Waals surface area contributed by atoms with Crippen LogP contribution in [0.3, 0.4) is 0 Å². The number of aliphatic hydroxyl groups is 1. The van der Waals surface area contributed by atoms with Gasteiger partial charge in [0.05, 0.1) is 6.10 Å². The molecule has 0 saturated carbocycles. The van der Waals surface area contributed by atoms with Gasteiger partial charge in [0.15, 0.2) is 11.5 Å². The summed E-state index contributed by atoms with van der Waals surface area (Å²) in [4.78, 5) is 7.87. The third-order valence-electron chi connectivity index (χ3n) is 2.53. The topological polar surface area (TPSA) is 81.8 Å². The van der Waals surface area contributed by atoms with Crippen molar-refractivity contribution in [2.45, 2.75) is 6.10 Å². The molecule has 1 atom stereocenters. The summed E-state index contributed by atoms with van der Waals surface area (Å²) in [5.74, 6) is 0.344. The van der Waals surface area contributed by atoms with Crippen LogP contribution in [0.25, 0.3) is 0 Å². The van der Waals surface area contributed by atoms with E-state index in [1.54, 1.807) is 24.3 Å². The van der Waals surface area contributed by atoms with Gasteiger partial charge in [0.25, 0.3) is 0 Å². The summed E-state index contributed by atoms with van der Waals surface area (Å²) in [5.41, 5.74) is 0.813. The highest BCUT2D eigenvalue weighted by Gasteiger charge is 2.12. The third kappa shape index (κ3) is 3.19. The van der Waals surface area contributed by atoms with Crippen LogP contribution in [0.15, 0.2) is 36.7 Å². The molecule has 96 valence electrons. The quantitative estimate of drug-likeness (QED) is 0.893. The lowest BCUT2D eigenvalue weighted by atomic mass is 10.1. The second kappa shape index (κ2) is 6.14. The van der Waals surface area contributed by atoms with Crippen LogP contribution in [0.5, 0.6) is 0 Å². The number of aromatic nitrogens is 2. The molecular weight excluding hydrogens is 264 g/mol. The first kappa shape index (κ1) is 13.3. The lowest BCUT2D eigenvalue weighted by Crippen LogP contribution is -2.14. The van der Waals surface area contributed by atoms with Gasteiger partial charge in [-0.1, -0.05) is 29.8 Å². The van der Waals surface area contributed by atoms with Crippen molar-refractivity contribution in [3.8, 4) is 6.07 Å². The molecule has 1 unspecified atom stereocenters. The molecule has 2 aromatic rings. The molecule has 0 spiro atoms. The highest BCUT2D eigenvalue weighted by Crippen LogP contribution is 2.22. The fourth-order valence-electron chi connectivity index (χ4n) is 1.60. The Balaban J connectivity index is 2.07. The van der Waals surface area contributed by atoms with Crippen molar-refractivity contribution in [2.24, 2.45) is 0 Å². The predicted molar refractivity (Wildman–Crippen MR) is 71.6 cm³/mol. The van der Waals surface area contributed by atoms with Crippen LogP contribution in [0.1, 0.15) is 17.4 Å². The zero-order valence-corrected chi connectivity index (χ0v) is 10.7. The standard InChI is InChI=1S/C13H11ClN4O/c14-10-4-2-1-3-9(10)12(19)8-18-13-11(7-15)16-5-6-17-13/h1-6,12,19H,8H2,(H,17,18). The SMILES string of the molecule is N#Cc1nccnc1NCC(O)c1ccccc1Cl. The number of nitrogens with zero attached hydrogens (tertiary/aromatic N) is 3. The van der Waals surface area contributed by atoms with E-state index in [-0.39, 0.29) is 12.2 Å². The molecule has 2 N–H and O–H groups in total. The van der Waals surface area contributed by atoms with Crippen LogP contribution in [0.2, 0.25) is 5.02 Å². The predicted octanol–water partition coefficient (Wildman–Crippen LogP) is 2.15. The number of hydrogen-bond acceptors (Lipinski definition) is 5. The molecule has 0 aliphatic heterocycles. The van der Waals surface area contributed by atoms with Crippen molar-refractivity contribution >= 4 is 17.4 Å². The van der Waals surface area contributed by atoms with Crippen LogP contribution in [-0.4, -0.2) is 21.6 Å². The van der Waals surface area contributed by atoms with Gasteiger partial charge in [-0.2, -0.15) is 5.26 Å². The number of nitriles is 1. The Morgan fingerprint density at radius 1 is 1.32 bits per heavy atom. The van der Waals surface area contributed by atoms with Crippen molar-refractivity contribution in [1.82, 2.24) is 9.97 Å². The van der Waals surface area contributed by atoms with E-state index < -0.39 is 6.10 Å². The first-order valence-electron chi connectivity index (χ1n) is 5.60. The van der Waals surface area contributed by atoms with Crippen LogP contribution in [-0.2, 0) is 0 Å². The van der Waals surface area contributed by atoms with Crippen LogP contribution >= 0.6 is 11.6 Å². The molecule has 2 rings (SSSR count). The van der Waals surface area contributed by atoms with E-state index in [1.165, 1.54) is 12.4 Å². The molecule has 0 saturated heterocycles. The second-order valence-corrected chi connectivity index (χ2v) is 4.19. The zero-order chi connectivity index (χ0) is 13.7. The van der Waals surface area contributed by atoms with Crippen molar-refractivity contribution in [2.75, 3.05) is 11.9 Å². The minimum Gasteiger partial charge on any atom is -0.387 e. The molecule has 0 radical (unpaired) electrons. The molecule has 1 heterocycles. The van der Waals surface area contributed by atoms with Crippen LogP contribution in [0, 0.1) is 11.3 Å². The maximum absolute atomic E-state index is 10.0. The van der Waals surface area contributed by atoms with E-state index in [0.717, 1.165) is 0 Å². The number of anilines is 1. The summed E-state index contributed by atoms with van der Waals surface area (Å²) in [7, 11) is 0. The molecule has 1 aromatic heterocycles. The summed E-state index contributed by atoms with van der Waals surface area (Å²) >= 11 is 5.99. The fraction of sp³-hybridized carbons (Fsp3) is 0.154. The molecule has 0 aliphatic rings. The smallest absolute Gasteiger partial charge is 0.182 e. The lowest BCUT2D eigenvalue weighted by Gasteiger charge is -2.14. The normalized spacial score (nSPS) is 11.6. The Kier molecular flexibility index (Phi) is 4.29. The van der Waals surface area contributed by atoms with Gasteiger partial charge in [0.1, 0.15) is 6.07 Å². The van der Waals surface area contributed by atoms with Crippen molar-refractivity contribution in [1.29, 1.82) is 5.26 Å². The van der Waals surface area contributed by atoms with Gasteiger partial charge in [-0.3, -0.25) is 0 Å². The Morgan fingerprint density at radius 3 is 2.79 bits per heavy atom. The first-order valence-corrected chi connectivity index (χ1v) is 5.97. The van der Waals surface area contributed by atoms with Gasteiger partial charge in [-0.25, -0.2) is 9.97 Å². The highest BCUT2D eigenvalue weighted by atomic mass is 35.5. The molecular formula is C13H11ClN4O. The minimum atomic E-state index is -0.790. The monoisotopic (exact) mass is 274 g/mol. The van der Waals surface area contributed by atoms with Crippen LogP contribution < -0.4 is 5.32 Å². The molecule has 6 heteroatoms. The molecule has 0 bridgehead atoms. The lowest BCUT2D eigenvalue weighted by molar-refractivity contribution is 0.191. The average molecular weight is 275 g/mol. The second-order valence-electron chi connectivity index (χ2n) is 3.78. The number of benzene rings is 1. The summed E-state index contributed by atoms with van der Waals surface area (Å²) in [6.45, 7) is 0.192. The van der Waals surface area contributed by atoms with E-state index in [9.17, 15) is 5.11 Å². The largest absolute Gasteiger partial charge is 0.387 e. The van der Waals surface area contributed by atoms with Crippen molar-refractivity contribution in [3.63, 3.8) is 0 Å². The molecule has 0 aliphatic carbocycles. The highest BCUT2D eigenvalue weighted by molar-refractivity contribution is 6.31. The average Bonchev–Trinajstić information content (AvgIpc) is 2.45. The van der Waals surface area contributed by atoms with Crippen molar-refractivity contribution in [3.05, 3.63) is 52.9 Å². The Bertz CT molecular complexity index is 612. The summed E-state index contributed by atoms with van der Waals surface area (Å²) in [5, 5.41) is 22.3. The van der Waals surface area contributed by atoms with E-state index in [4.69, 9.17) is 16.9 Å². The third-order valence-corrected chi connectivity index (χ3v) is 2.88. The van der Waals surface area contributed by atoms with E-state index in [0.29, 0.717) is 16.4 Å². The molecule has 5 nitrogen and oxygen atoms in total. The molecule has 1 aromatic carbocycles. The van der Waals surface area contributed by atoms with Gasteiger partial charge >= 0.3 is 0 Å². The van der Waals surface area contributed by atoms with Gasteiger partial charge in [0, 0.05) is 29.5 Å². The molecule has 0 amide bonds. The number of hydrogen-bond donors (Lipinski definition) is 2. The number of halogens is 1. The Morgan fingerprint density at radius 2 is 2.05 bits per heavy atom. The first-order chi connectivity index (χ1) is 9.22. The molecule has 19 heavy (non-hydrogen) atoms. The maximum atomic E-state index is 10.0. The fourth-order valence-corrected chi connectivity index (χ4v) is 1.86. The number of aliphatic hydroxyl groups excluding tert-OH is 1. The van der Waals surface area contributed by atoms with E-state index in [2.05, 4.69) is 15.3 Å². The maximum Gasteiger partial charge on any atom is 0.182 e. The summed E-state index contributed by atoms with van der Waals surface area (Å²) < 4.78 is 0.